The smallest absolute Gasteiger partial charge is 0.199 e. The molecule has 4 aromatic carbocycles. The van der Waals surface area contributed by atoms with Crippen LogP contribution in [-0.2, 0) is 25.9 Å². The van der Waals surface area contributed by atoms with E-state index in [1.165, 1.54) is 35.8 Å². The number of oxazole rings is 2. The lowest BCUT2D eigenvalue weighted by Gasteiger charge is -2.32. The molecule has 7 nitrogen and oxygen atoms in total. The minimum absolute atomic E-state index is 0.214. The van der Waals surface area contributed by atoms with Crippen LogP contribution in [0, 0.1) is 49.2 Å². The summed E-state index contributed by atoms with van der Waals surface area (Å²) < 4.78 is 44.2. The first kappa shape index (κ1) is 32.7. The van der Waals surface area contributed by atoms with Crippen molar-refractivity contribution in [1.29, 1.82) is 0 Å². The lowest BCUT2D eigenvalue weighted by Crippen LogP contribution is -2.32. The van der Waals surface area contributed by atoms with Crippen molar-refractivity contribution in [1.82, 2.24) is 9.97 Å². The first-order chi connectivity index (χ1) is 25.3. The fourth-order valence-electron chi connectivity index (χ4n) is 6.82. The van der Waals surface area contributed by atoms with Gasteiger partial charge < -0.3 is 18.6 Å². The van der Waals surface area contributed by atoms with E-state index in [2.05, 4.69) is 45.8 Å². The summed E-state index contributed by atoms with van der Waals surface area (Å²) in [5.41, 5.74) is 5.94. The van der Waals surface area contributed by atoms with Crippen LogP contribution in [0.3, 0.4) is 0 Å². The number of carbonyl (C=O) groups excluding carboxylic acids is 1. The predicted octanol–water partition coefficient (Wildman–Crippen LogP) is 7.71. The first-order valence-corrected chi connectivity index (χ1v) is 17.0. The minimum Gasteiger partial charge on any atom is -0.448 e. The van der Waals surface area contributed by atoms with Crippen LogP contribution in [0.25, 0.3) is 0 Å². The Labute approximate surface area is 299 Å². The maximum Gasteiger partial charge on any atom is 0.199 e. The number of halogens is 2. The molecule has 256 valence electrons. The van der Waals surface area contributed by atoms with Crippen molar-refractivity contribution >= 4 is 17.2 Å². The molecule has 0 radical (unpaired) electrons. The van der Waals surface area contributed by atoms with Crippen molar-refractivity contribution in [3.63, 3.8) is 0 Å². The van der Waals surface area contributed by atoms with Crippen LogP contribution < -0.4 is 9.80 Å². The van der Waals surface area contributed by atoms with E-state index in [0.29, 0.717) is 73.3 Å². The molecule has 2 aliphatic heterocycles. The molecule has 0 saturated carbocycles. The van der Waals surface area contributed by atoms with E-state index in [0.717, 1.165) is 11.1 Å². The van der Waals surface area contributed by atoms with E-state index < -0.39 is 17.4 Å². The van der Waals surface area contributed by atoms with Crippen LogP contribution in [0.15, 0.2) is 94.2 Å². The summed E-state index contributed by atoms with van der Waals surface area (Å²) in [5, 5.41) is 0. The zero-order chi connectivity index (χ0) is 35.8. The summed E-state index contributed by atoms with van der Waals surface area (Å²) in [6.45, 7) is 5.37. The molecule has 0 aliphatic carbocycles. The highest BCUT2D eigenvalue weighted by atomic mass is 19.1. The van der Waals surface area contributed by atoms with E-state index in [1.54, 1.807) is 26.0 Å². The van der Waals surface area contributed by atoms with Crippen LogP contribution in [0.2, 0.25) is 0 Å². The van der Waals surface area contributed by atoms with E-state index in [4.69, 9.17) is 8.83 Å². The van der Waals surface area contributed by atoms with Gasteiger partial charge in [-0.3, -0.25) is 4.79 Å². The normalized spacial score (nSPS) is 13.4. The van der Waals surface area contributed by atoms with Gasteiger partial charge in [0.2, 0.25) is 0 Å². The standard InChI is InChI=1S/C43H32F2N4O3/c1-27-46-35(25-51-27)13-11-29-19-37(41(44)39(21-29)48-17-15-31-7-3-5-9-33(31)23-48)43(50)38-20-30(12-14-36-26-52-28(2)47-36)22-40(42(38)45)49-18-16-32-8-4-6-10-34(32)24-49/h3-10,19-22,25-26H,15-18,23-24H2,1-2H3. The lowest BCUT2D eigenvalue weighted by atomic mass is 9.94. The first-order valence-electron chi connectivity index (χ1n) is 17.0. The number of carbonyl (C=O) groups is 1. The fourth-order valence-corrected chi connectivity index (χ4v) is 6.82. The van der Waals surface area contributed by atoms with Crippen LogP contribution >= 0.6 is 0 Å². The monoisotopic (exact) mass is 690 g/mol. The van der Waals surface area contributed by atoms with E-state index in [9.17, 15) is 4.79 Å². The second-order valence-corrected chi connectivity index (χ2v) is 12.9. The number of aryl methyl sites for hydroxylation is 2. The molecule has 0 N–H and O–H groups in total. The van der Waals surface area contributed by atoms with Gasteiger partial charge in [-0.15, -0.1) is 0 Å². The Kier molecular flexibility index (Phi) is 8.62. The van der Waals surface area contributed by atoms with Crippen LogP contribution in [0.5, 0.6) is 0 Å². The number of nitrogens with zero attached hydrogens (tertiary/aromatic N) is 4. The van der Waals surface area contributed by atoms with Crippen molar-refractivity contribution in [2.75, 3.05) is 22.9 Å². The number of aromatic nitrogens is 2. The van der Waals surface area contributed by atoms with Gasteiger partial charge in [-0.05, 0) is 71.2 Å². The molecule has 0 bridgehead atoms. The third-order valence-electron chi connectivity index (χ3n) is 9.45. The number of benzene rings is 4. The zero-order valence-corrected chi connectivity index (χ0v) is 28.6. The van der Waals surface area contributed by atoms with Gasteiger partial charge in [-0.2, -0.15) is 0 Å². The quantitative estimate of drug-likeness (QED) is 0.139. The molecule has 0 fully saturated rings. The summed E-state index contributed by atoms with van der Waals surface area (Å²) in [4.78, 5) is 26.8. The predicted molar refractivity (Wildman–Crippen MR) is 193 cm³/mol. The minimum atomic E-state index is -0.811. The number of hydrogen-bond acceptors (Lipinski definition) is 7. The van der Waals surface area contributed by atoms with Crippen LogP contribution in [-0.4, -0.2) is 28.8 Å². The van der Waals surface area contributed by atoms with Crippen molar-refractivity contribution in [2.24, 2.45) is 0 Å². The largest absolute Gasteiger partial charge is 0.448 e. The molecule has 4 heterocycles. The summed E-state index contributed by atoms with van der Waals surface area (Å²) in [5.74, 6) is 10.6. The second-order valence-electron chi connectivity index (χ2n) is 12.9. The Morgan fingerprint density at radius 1 is 0.635 bits per heavy atom. The Hall–Kier alpha value is -6.45. The number of hydrogen-bond donors (Lipinski definition) is 0. The zero-order valence-electron chi connectivity index (χ0n) is 28.6. The van der Waals surface area contributed by atoms with Gasteiger partial charge in [0.25, 0.3) is 0 Å². The molecule has 2 aliphatic rings. The van der Waals surface area contributed by atoms with Gasteiger partial charge in [0, 0.05) is 51.2 Å². The number of fused-ring (bicyclic) bond motifs is 2. The van der Waals surface area contributed by atoms with Gasteiger partial charge in [-0.1, -0.05) is 60.4 Å². The molecule has 0 atom stereocenters. The van der Waals surface area contributed by atoms with E-state index in [-0.39, 0.29) is 22.5 Å². The molecule has 0 unspecified atom stereocenters. The van der Waals surface area contributed by atoms with Crippen LogP contribution in [0.4, 0.5) is 20.2 Å². The molecule has 0 amide bonds. The van der Waals surface area contributed by atoms with Gasteiger partial charge in [0.05, 0.1) is 22.5 Å². The highest BCUT2D eigenvalue weighted by Crippen LogP contribution is 2.34. The second kappa shape index (κ2) is 13.7. The Balaban J connectivity index is 1.24. The summed E-state index contributed by atoms with van der Waals surface area (Å²) >= 11 is 0. The molecular weight excluding hydrogens is 658 g/mol. The molecule has 2 aromatic heterocycles. The van der Waals surface area contributed by atoms with Gasteiger partial charge in [0.15, 0.2) is 40.6 Å². The summed E-state index contributed by atoms with van der Waals surface area (Å²) in [7, 11) is 0. The van der Waals surface area contributed by atoms with Crippen molar-refractivity contribution in [3.8, 4) is 23.7 Å². The Morgan fingerprint density at radius 2 is 1.06 bits per heavy atom. The SMILES string of the molecule is Cc1nc(C#Cc2cc(C(=O)c3cc(C#Cc4coc(C)n4)cc(N4CCc5ccccc5C4)c3F)c(F)c(N3CCc4ccccc4C3)c2)co1. The molecule has 8 rings (SSSR count). The van der Waals surface area contributed by atoms with Gasteiger partial charge in [0.1, 0.15) is 12.5 Å². The van der Waals surface area contributed by atoms with E-state index >= 15 is 8.78 Å². The van der Waals surface area contributed by atoms with Gasteiger partial charge >= 0.3 is 0 Å². The molecule has 9 heteroatoms. The highest BCUT2D eigenvalue weighted by Gasteiger charge is 2.28. The molecule has 0 spiro atoms. The summed E-state index contributed by atoms with van der Waals surface area (Å²) in [6.07, 6.45) is 4.28. The van der Waals surface area contributed by atoms with Crippen molar-refractivity contribution in [2.45, 2.75) is 39.8 Å². The number of ketones is 1. The average molecular weight is 691 g/mol. The molecule has 6 aromatic rings. The molecular formula is C43H32F2N4O3. The highest BCUT2D eigenvalue weighted by molar-refractivity contribution is 6.11. The Bertz CT molecular complexity index is 2320. The van der Waals surface area contributed by atoms with E-state index in [1.807, 2.05) is 46.2 Å². The topological polar surface area (TPSA) is 75.6 Å². The van der Waals surface area contributed by atoms with Crippen molar-refractivity contribution < 1.29 is 22.4 Å². The fraction of sp³-hybridized carbons (Fsp3) is 0.186. The maximum atomic E-state index is 16.8. The number of rotatable bonds is 4. The van der Waals surface area contributed by atoms with Gasteiger partial charge in [-0.25, -0.2) is 18.7 Å². The summed E-state index contributed by atoms with van der Waals surface area (Å²) in [6, 6.07) is 22.1. The third-order valence-corrected chi connectivity index (χ3v) is 9.45. The molecule has 0 saturated heterocycles. The van der Waals surface area contributed by atoms with Crippen molar-refractivity contribution in [3.05, 3.63) is 165 Å². The number of anilines is 2. The third kappa shape index (κ3) is 6.57. The van der Waals surface area contributed by atoms with Crippen LogP contribution in [0.1, 0.15) is 72.5 Å². The maximum absolute atomic E-state index is 16.8. The Morgan fingerprint density at radius 3 is 1.46 bits per heavy atom. The lowest BCUT2D eigenvalue weighted by molar-refractivity contribution is 0.103. The average Bonchev–Trinajstić information content (AvgIpc) is 3.79. The molecule has 52 heavy (non-hydrogen) atoms.